The van der Waals surface area contributed by atoms with E-state index >= 15 is 0 Å². The van der Waals surface area contributed by atoms with Crippen LogP contribution in [0.3, 0.4) is 0 Å². The second-order valence-electron chi connectivity index (χ2n) is 4.13. The molecule has 0 aromatic carbocycles. The van der Waals surface area contributed by atoms with Crippen LogP contribution in [0.2, 0.25) is 0 Å². The molecule has 1 saturated heterocycles. The van der Waals surface area contributed by atoms with E-state index in [9.17, 15) is 4.79 Å². The lowest BCUT2D eigenvalue weighted by atomic mass is 9.90. The van der Waals surface area contributed by atoms with Gasteiger partial charge in [-0.05, 0) is 25.3 Å². The number of hydrogen-bond donors (Lipinski definition) is 1. The van der Waals surface area contributed by atoms with Gasteiger partial charge in [0, 0.05) is 12.5 Å². The third kappa shape index (κ3) is 3.90. The lowest BCUT2D eigenvalue weighted by Gasteiger charge is -2.14. The Morgan fingerprint density at radius 1 is 1.54 bits per heavy atom. The third-order valence-electron chi connectivity index (χ3n) is 2.93. The first-order valence-electron chi connectivity index (χ1n) is 5.52. The standard InChI is InChI=1S/C11H21NO/c1-2-3-4-10-5-6-12-8-11(7-10)9-13/h9-12H,2-8H2,1H3. The van der Waals surface area contributed by atoms with E-state index in [1.807, 2.05) is 0 Å². The van der Waals surface area contributed by atoms with Gasteiger partial charge in [0.15, 0.2) is 0 Å². The molecule has 0 aromatic heterocycles. The minimum Gasteiger partial charge on any atom is -0.316 e. The van der Waals surface area contributed by atoms with Crippen LogP contribution in [-0.4, -0.2) is 19.4 Å². The fourth-order valence-corrected chi connectivity index (χ4v) is 2.08. The molecule has 1 aliphatic heterocycles. The molecule has 0 spiro atoms. The Balaban J connectivity index is 2.30. The van der Waals surface area contributed by atoms with Gasteiger partial charge < -0.3 is 10.1 Å². The highest BCUT2D eigenvalue weighted by atomic mass is 16.1. The number of nitrogens with one attached hydrogen (secondary N) is 1. The SMILES string of the molecule is CCCCC1CCNCC(C=O)C1. The van der Waals surface area contributed by atoms with Gasteiger partial charge in [0.25, 0.3) is 0 Å². The van der Waals surface area contributed by atoms with E-state index in [4.69, 9.17) is 0 Å². The summed E-state index contributed by atoms with van der Waals surface area (Å²) >= 11 is 0. The van der Waals surface area contributed by atoms with Crippen LogP contribution in [0.4, 0.5) is 0 Å². The van der Waals surface area contributed by atoms with Crippen LogP contribution >= 0.6 is 0 Å². The van der Waals surface area contributed by atoms with E-state index in [0.717, 1.165) is 31.7 Å². The zero-order valence-corrected chi connectivity index (χ0v) is 8.59. The first-order valence-corrected chi connectivity index (χ1v) is 5.52. The number of carbonyl (C=O) groups is 1. The second kappa shape index (κ2) is 6.14. The maximum absolute atomic E-state index is 10.7. The van der Waals surface area contributed by atoms with Crippen molar-refractivity contribution in [2.24, 2.45) is 11.8 Å². The Labute approximate surface area is 81.1 Å². The van der Waals surface area contributed by atoms with E-state index < -0.39 is 0 Å². The molecule has 1 rings (SSSR count). The van der Waals surface area contributed by atoms with Crippen LogP contribution in [0, 0.1) is 11.8 Å². The van der Waals surface area contributed by atoms with Crippen LogP contribution in [0.5, 0.6) is 0 Å². The molecule has 1 heterocycles. The molecule has 0 saturated carbocycles. The zero-order chi connectivity index (χ0) is 9.52. The molecule has 0 bridgehead atoms. The topological polar surface area (TPSA) is 29.1 Å². The number of hydrogen-bond acceptors (Lipinski definition) is 2. The first-order chi connectivity index (χ1) is 6.36. The summed E-state index contributed by atoms with van der Waals surface area (Å²) < 4.78 is 0. The minimum atomic E-state index is 0.268. The van der Waals surface area contributed by atoms with E-state index in [1.54, 1.807) is 0 Å². The van der Waals surface area contributed by atoms with Crippen molar-refractivity contribution in [3.8, 4) is 0 Å². The van der Waals surface area contributed by atoms with Crippen LogP contribution in [0.1, 0.15) is 39.0 Å². The second-order valence-corrected chi connectivity index (χ2v) is 4.13. The predicted molar refractivity (Wildman–Crippen MR) is 54.7 cm³/mol. The lowest BCUT2D eigenvalue weighted by Crippen LogP contribution is -2.21. The summed E-state index contributed by atoms with van der Waals surface area (Å²) in [7, 11) is 0. The fraction of sp³-hybridized carbons (Fsp3) is 0.909. The molecule has 2 nitrogen and oxygen atoms in total. The van der Waals surface area contributed by atoms with Crippen LogP contribution in [0.25, 0.3) is 0 Å². The summed E-state index contributed by atoms with van der Waals surface area (Å²) in [4.78, 5) is 10.7. The number of rotatable bonds is 4. The van der Waals surface area contributed by atoms with Crippen molar-refractivity contribution in [2.75, 3.05) is 13.1 Å². The normalized spacial score (nSPS) is 29.6. The molecular formula is C11H21NO. The maximum atomic E-state index is 10.7. The van der Waals surface area contributed by atoms with Crippen LogP contribution in [-0.2, 0) is 4.79 Å². The maximum Gasteiger partial charge on any atom is 0.124 e. The molecule has 13 heavy (non-hydrogen) atoms. The molecule has 2 heteroatoms. The Hall–Kier alpha value is -0.370. The molecule has 0 aromatic rings. The fourth-order valence-electron chi connectivity index (χ4n) is 2.08. The Morgan fingerprint density at radius 2 is 2.38 bits per heavy atom. The van der Waals surface area contributed by atoms with Crippen molar-refractivity contribution in [1.29, 1.82) is 0 Å². The number of unbranched alkanes of at least 4 members (excludes halogenated alkanes) is 1. The van der Waals surface area contributed by atoms with Crippen LogP contribution < -0.4 is 5.32 Å². The van der Waals surface area contributed by atoms with Gasteiger partial charge in [-0.15, -0.1) is 0 Å². The van der Waals surface area contributed by atoms with Gasteiger partial charge in [-0.1, -0.05) is 26.2 Å². The van der Waals surface area contributed by atoms with E-state index in [0.29, 0.717) is 0 Å². The monoisotopic (exact) mass is 183 g/mol. The number of aldehydes is 1. The summed E-state index contributed by atoms with van der Waals surface area (Å²) in [6.45, 7) is 4.22. The molecule has 2 atom stereocenters. The zero-order valence-electron chi connectivity index (χ0n) is 8.59. The first kappa shape index (κ1) is 10.7. The van der Waals surface area contributed by atoms with Gasteiger partial charge in [0.2, 0.25) is 0 Å². The lowest BCUT2D eigenvalue weighted by molar-refractivity contribution is -0.111. The van der Waals surface area contributed by atoms with E-state index in [-0.39, 0.29) is 5.92 Å². The summed E-state index contributed by atoms with van der Waals surface area (Å²) in [6.07, 6.45) is 7.38. The van der Waals surface area contributed by atoms with Crippen molar-refractivity contribution in [3.05, 3.63) is 0 Å². The van der Waals surface area contributed by atoms with Gasteiger partial charge in [-0.25, -0.2) is 0 Å². The van der Waals surface area contributed by atoms with Gasteiger partial charge in [0.05, 0.1) is 0 Å². The third-order valence-corrected chi connectivity index (χ3v) is 2.93. The summed E-state index contributed by atoms with van der Waals surface area (Å²) in [5.74, 6) is 1.05. The van der Waals surface area contributed by atoms with E-state index in [1.165, 1.54) is 25.7 Å². The van der Waals surface area contributed by atoms with Crippen molar-refractivity contribution < 1.29 is 4.79 Å². The van der Waals surface area contributed by atoms with Gasteiger partial charge in [-0.2, -0.15) is 0 Å². The van der Waals surface area contributed by atoms with Crippen LogP contribution in [0.15, 0.2) is 0 Å². The molecule has 0 amide bonds. The number of carbonyl (C=O) groups excluding carboxylic acids is 1. The average Bonchev–Trinajstić information content (AvgIpc) is 2.39. The molecule has 1 aliphatic rings. The van der Waals surface area contributed by atoms with Gasteiger partial charge in [-0.3, -0.25) is 0 Å². The summed E-state index contributed by atoms with van der Waals surface area (Å²) in [6, 6.07) is 0. The van der Waals surface area contributed by atoms with Crippen molar-refractivity contribution in [2.45, 2.75) is 39.0 Å². The summed E-state index contributed by atoms with van der Waals surface area (Å²) in [5.41, 5.74) is 0. The molecule has 0 radical (unpaired) electrons. The highest BCUT2D eigenvalue weighted by Crippen LogP contribution is 2.22. The Kier molecular flexibility index (Phi) is 5.06. The predicted octanol–water partition coefficient (Wildman–Crippen LogP) is 1.99. The van der Waals surface area contributed by atoms with Gasteiger partial charge in [0.1, 0.15) is 6.29 Å². The minimum absolute atomic E-state index is 0.268. The smallest absolute Gasteiger partial charge is 0.124 e. The molecule has 1 fully saturated rings. The summed E-state index contributed by atoms with van der Waals surface area (Å²) in [5, 5.41) is 3.32. The highest BCUT2D eigenvalue weighted by Gasteiger charge is 2.18. The average molecular weight is 183 g/mol. The highest BCUT2D eigenvalue weighted by molar-refractivity contribution is 5.53. The quantitative estimate of drug-likeness (QED) is 0.675. The molecule has 1 N–H and O–H groups in total. The van der Waals surface area contributed by atoms with Crippen molar-refractivity contribution >= 4 is 6.29 Å². The van der Waals surface area contributed by atoms with Gasteiger partial charge >= 0.3 is 0 Å². The van der Waals surface area contributed by atoms with E-state index in [2.05, 4.69) is 12.2 Å². The molecule has 2 unspecified atom stereocenters. The van der Waals surface area contributed by atoms with Crippen molar-refractivity contribution in [1.82, 2.24) is 5.32 Å². The molecule has 76 valence electrons. The Bertz CT molecular complexity index is 147. The molecule has 0 aliphatic carbocycles. The molecular weight excluding hydrogens is 162 g/mol. The largest absolute Gasteiger partial charge is 0.316 e. The Morgan fingerprint density at radius 3 is 3.08 bits per heavy atom. The van der Waals surface area contributed by atoms with Crippen molar-refractivity contribution in [3.63, 3.8) is 0 Å².